The van der Waals surface area contributed by atoms with Gasteiger partial charge in [-0.15, -0.1) is 0 Å². The minimum atomic E-state index is -3.42. The molecule has 1 N–H and O–H groups in total. The lowest BCUT2D eigenvalue weighted by Crippen LogP contribution is -2.31. The van der Waals surface area contributed by atoms with E-state index in [4.69, 9.17) is 11.6 Å². The number of hydrogen-bond donors (Lipinski definition) is 1. The van der Waals surface area contributed by atoms with E-state index in [1.54, 1.807) is 18.2 Å². The Labute approximate surface area is 160 Å². The molecule has 1 amide bonds. The molecular weight excluding hydrogens is 372 g/mol. The van der Waals surface area contributed by atoms with Gasteiger partial charge in [-0.1, -0.05) is 29.8 Å². The molecule has 0 aromatic heterocycles. The second kappa shape index (κ2) is 8.56. The van der Waals surface area contributed by atoms with Crippen LogP contribution < -0.4 is 9.62 Å². The van der Waals surface area contributed by atoms with Crippen molar-refractivity contribution in [1.29, 1.82) is 0 Å². The number of sulfonamides is 1. The number of carbonyl (C=O) groups is 1. The molecule has 2 aromatic rings. The van der Waals surface area contributed by atoms with Crippen LogP contribution in [0.1, 0.15) is 24.0 Å². The summed E-state index contributed by atoms with van der Waals surface area (Å²) >= 11 is 5.95. The van der Waals surface area contributed by atoms with Gasteiger partial charge in [-0.3, -0.25) is 9.10 Å². The topological polar surface area (TPSA) is 66.5 Å². The van der Waals surface area contributed by atoms with Crippen LogP contribution >= 0.6 is 11.6 Å². The van der Waals surface area contributed by atoms with Gasteiger partial charge in [-0.05, 0) is 55.7 Å². The number of halogens is 1. The predicted molar refractivity (Wildman–Crippen MR) is 107 cm³/mol. The molecule has 0 unspecified atom stereocenters. The first-order valence-corrected chi connectivity index (χ1v) is 10.5. The highest BCUT2D eigenvalue weighted by Gasteiger charge is 2.17. The van der Waals surface area contributed by atoms with Gasteiger partial charge in [-0.25, -0.2) is 8.42 Å². The van der Waals surface area contributed by atoms with Crippen LogP contribution in [0.3, 0.4) is 0 Å². The van der Waals surface area contributed by atoms with Gasteiger partial charge in [0.25, 0.3) is 0 Å². The molecule has 0 fully saturated rings. The summed E-state index contributed by atoms with van der Waals surface area (Å²) in [5.74, 6) is -0.173. The Bertz CT molecular complexity index is 897. The average molecular weight is 395 g/mol. The Hall–Kier alpha value is -2.05. The second-order valence-corrected chi connectivity index (χ2v) is 8.63. The molecule has 0 atom stereocenters. The number of rotatable bonds is 7. The molecule has 0 bridgehead atoms. The Kier molecular flexibility index (Phi) is 6.67. The number of nitrogens with one attached hydrogen (secondary N) is 1. The fourth-order valence-electron chi connectivity index (χ4n) is 2.59. The van der Waals surface area contributed by atoms with Gasteiger partial charge in [0.15, 0.2) is 0 Å². The first-order valence-electron chi connectivity index (χ1n) is 8.27. The lowest BCUT2D eigenvalue weighted by molar-refractivity contribution is -0.116. The SMILES string of the molecule is Cc1cccc(N(CCCC(=O)Nc2cc(Cl)ccc2C)S(C)(=O)=O)c1. The molecule has 5 nitrogen and oxygen atoms in total. The van der Waals surface area contributed by atoms with Gasteiger partial charge >= 0.3 is 0 Å². The first kappa shape index (κ1) is 20.3. The molecule has 2 aromatic carbocycles. The zero-order chi connectivity index (χ0) is 19.3. The maximum Gasteiger partial charge on any atom is 0.232 e. The van der Waals surface area contributed by atoms with E-state index in [1.165, 1.54) is 10.6 Å². The Morgan fingerprint density at radius 3 is 2.54 bits per heavy atom. The van der Waals surface area contributed by atoms with Crippen LogP contribution in [0.5, 0.6) is 0 Å². The quantitative estimate of drug-likeness (QED) is 0.767. The molecule has 0 saturated heterocycles. The van der Waals surface area contributed by atoms with E-state index in [0.717, 1.165) is 11.1 Å². The minimum Gasteiger partial charge on any atom is -0.326 e. The van der Waals surface area contributed by atoms with Gasteiger partial charge in [0, 0.05) is 23.7 Å². The molecule has 140 valence electrons. The van der Waals surface area contributed by atoms with Crippen molar-refractivity contribution in [2.75, 3.05) is 22.4 Å². The van der Waals surface area contributed by atoms with E-state index in [0.29, 0.717) is 22.8 Å². The van der Waals surface area contributed by atoms with Crippen LogP contribution in [-0.4, -0.2) is 27.1 Å². The molecule has 0 spiro atoms. The zero-order valence-electron chi connectivity index (χ0n) is 15.1. The zero-order valence-corrected chi connectivity index (χ0v) is 16.7. The summed E-state index contributed by atoms with van der Waals surface area (Å²) in [5.41, 5.74) is 3.17. The van der Waals surface area contributed by atoms with Crippen molar-refractivity contribution in [1.82, 2.24) is 0 Å². The number of amides is 1. The molecule has 0 radical (unpaired) electrons. The van der Waals surface area contributed by atoms with E-state index in [9.17, 15) is 13.2 Å². The summed E-state index contributed by atoms with van der Waals surface area (Å²) in [7, 11) is -3.42. The van der Waals surface area contributed by atoms with Gasteiger partial charge in [0.1, 0.15) is 0 Å². The lowest BCUT2D eigenvalue weighted by atomic mass is 10.2. The Morgan fingerprint density at radius 1 is 1.15 bits per heavy atom. The molecule has 0 aliphatic heterocycles. The third-order valence-corrected chi connectivity index (χ3v) is 5.36. The summed E-state index contributed by atoms with van der Waals surface area (Å²) < 4.78 is 25.5. The fourth-order valence-corrected chi connectivity index (χ4v) is 3.72. The van der Waals surface area contributed by atoms with E-state index in [-0.39, 0.29) is 18.9 Å². The number of hydrogen-bond acceptors (Lipinski definition) is 3. The number of carbonyl (C=O) groups excluding carboxylic acids is 1. The van der Waals surface area contributed by atoms with Gasteiger partial charge in [0.05, 0.1) is 11.9 Å². The van der Waals surface area contributed by atoms with Crippen LogP contribution in [-0.2, 0) is 14.8 Å². The second-order valence-electron chi connectivity index (χ2n) is 6.29. The molecule has 0 heterocycles. The smallest absolute Gasteiger partial charge is 0.232 e. The monoisotopic (exact) mass is 394 g/mol. The van der Waals surface area contributed by atoms with Crippen molar-refractivity contribution >= 4 is 38.9 Å². The van der Waals surface area contributed by atoms with Crippen molar-refractivity contribution in [3.05, 3.63) is 58.6 Å². The van der Waals surface area contributed by atoms with E-state index in [2.05, 4.69) is 5.32 Å². The highest BCUT2D eigenvalue weighted by atomic mass is 35.5. The molecule has 26 heavy (non-hydrogen) atoms. The standard InChI is InChI=1S/C19H23ClN2O3S/c1-14-6-4-7-17(12-14)22(26(3,24)25)11-5-8-19(23)21-18-13-16(20)10-9-15(18)2/h4,6-7,9-10,12-13H,5,8,11H2,1-3H3,(H,21,23). The molecule has 0 saturated carbocycles. The minimum absolute atomic E-state index is 0.173. The van der Waals surface area contributed by atoms with Crippen LogP contribution in [0.15, 0.2) is 42.5 Å². The first-order chi connectivity index (χ1) is 12.2. The Morgan fingerprint density at radius 2 is 1.88 bits per heavy atom. The summed E-state index contributed by atoms with van der Waals surface area (Å²) in [6.45, 7) is 4.03. The Balaban J connectivity index is 1.99. The number of anilines is 2. The van der Waals surface area contributed by atoms with Crippen molar-refractivity contribution < 1.29 is 13.2 Å². The summed E-state index contributed by atoms with van der Waals surface area (Å²) in [5, 5.41) is 3.37. The predicted octanol–water partition coefficient (Wildman–Crippen LogP) is 4.14. The fraction of sp³-hybridized carbons (Fsp3) is 0.316. The number of nitrogens with zero attached hydrogens (tertiary/aromatic N) is 1. The van der Waals surface area contributed by atoms with Crippen molar-refractivity contribution in [3.63, 3.8) is 0 Å². The summed E-state index contributed by atoms with van der Waals surface area (Å²) in [6, 6.07) is 12.6. The third kappa shape index (κ3) is 5.75. The van der Waals surface area contributed by atoms with Crippen LogP contribution in [0.25, 0.3) is 0 Å². The van der Waals surface area contributed by atoms with Gasteiger partial charge < -0.3 is 5.32 Å². The highest BCUT2D eigenvalue weighted by molar-refractivity contribution is 7.92. The average Bonchev–Trinajstić information content (AvgIpc) is 2.54. The summed E-state index contributed by atoms with van der Waals surface area (Å²) in [4.78, 5) is 12.2. The molecular formula is C19H23ClN2O3S. The third-order valence-electron chi connectivity index (χ3n) is 3.93. The molecule has 2 rings (SSSR count). The maximum atomic E-state index is 12.2. The van der Waals surface area contributed by atoms with E-state index >= 15 is 0 Å². The van der Waals surface area contributed by atoms with Crippen LogP contribution in [0, 0.1) is 13.8 Å². The van der Waals surface area contributed by atoms with Crippen molar-refractivity contribution in [2.45, 2.75) is 26.7 Å². The normalized spacial score (nSPS) is 11.2. The molecule has 0 aliphatic rings. The lowest BCUT2D eigenvalue weighted by Gasteiger charge is -2.22. The molecule has 0 aliphatic carbocycles. The van der Waals surface area contributed by atoms with E-state index in [1.807, 2.05) is 38.1 Å². The van der Waals surface area contributed by atoms with Gasteiger partial charge in [0.2, 0.25) is 15.9 Å². The molecule has 7 heteroatoms. The van der Waals surface area contributed by atoms with Crippen LogP contribution in [0.4, 0.5) is 11.4 Å². The largest absolute Gasteiger partial charge is 0.326 e. The number of aryl methyl sites for hydroxylation is 2. The number of benzene rings is 2. The van der Waals surface area contributed by atoms with Crippen LogP contribution in [0.2, 0.25) is 5.02 Å². The summed E-state index contributed by atoms with van der Waals surface area (Å²) in [6.07, 6.45) is 1.79. The maximum absolute atomic E-state index is 12.2. The van der Waals surface area contributed by atoms with Gasteiger partial charge in [-0.2, -0.15) is 0 Å². The highest BCUT2D eigenvalue weighted by Crippen LogP contribution is 2.21. The van der Waals surface area contributed by atoms with E-state index < -0.39 is 10.0 Å². The van der Waals surface area contributed by atoms with Crippen molar-refractivity contribution in [2.24, 2.45) is 0 Å². The van der Waals surface area contributed by atoms with Crippen molar-refractivity contribution in [3.8, 4) is 0 Å².